The molecule has 0 aromatic rings. The van der Waals surface area contributed by atoms with E-state index in [4.69, 9.17) is 0 Å². The molecule has 3 nitrogen and oxygen atoms in total. The highest BCUT2D eigenvalue weighted by molar-refractivity contribution is 5.79. The molecular formula is C14H27NO2. The molecule has 1 aliphatic rings. The Labute approximate surface area is 105 Å². The Kier molecular flexibility index (Phi) is 4.23. The first-order valence-electron chi connectivity index (χ1n) is 6.68. The van der Waals surface area contributed by atoms with Crippen molar-refractivity contribution in [3.05, 3.63) is 0 Å². The summed E-state index contributed by atoms with van der Waals surface area (Å²) >= 11 is 0. The highest BCUT2D eigenvalue weighted by Crippen LogP contribution is 2.29. The van der Waals surface area contributed by atoms with Crippen molar-refractivity contribution in [1.29, 1.82) is 0 Å². The average molecular weight is 241 g/mol. The Hall–Kier alpha value is -0.570. The highest BCUT2D eigenvalue weighted by Gasteiger charge is 2.38. The lowest BCUT2D eigenvalue weighted by Crippen LogP contribution is -2.59. The maximum absolute atomic E-state index is 12.1. The van der Waals surface area contributed by atoms with E-state index in [1.165, 1.54) is 0 Å². The molecule has 0 aromatic carbocycles. The van der Waals surface area contributed by atoms with Gasteiger partial charge in [-0.2, -0.15) is 0 Å². The fourth-order valence-electron chi connectivity index (χ4n) is 2.09. The van der Waals surface area contributed by atoms with Crippen LogP contribution in [0.15, 0.2) is 0 Å². The summed E-state index contributed by atoms with van der Waals surface area (Å²) in [4.78, 5) is 12.1. The van der Waals surface area contributed by atoms with E-state index in [0.29, 0.717) is 0 Å². The fourth-order valence-corrected chi connectivity index (χ4v) is 2.09. The molecule has 0 heterocycles. The van der Waals surface area contributed by atoms with Crippen LogP contribution in [0.3, 0.4) is 0 Å². The van der Waals surface area contributed by atoms with Crippen molar-refractivity contribution in [2.45, 2.75) is 71.4 Å². The molecule has 0 bridgehead atoms. The van der Waals surface area contributed by atoms with E-state index in [1.54, 1.807) is 13.8 Å². The molecule has 3 heteroatoms. The van der Waals surface area contributed by atoms with Gasteiger partial charge in [0, 0.05) is 5.92 Å². The molecule has 1 aliphatic carbocycles. The predicted molar refractivity (Wildman–Crippen MR) is 69.6 cm³/mol. The third-order valence-electron chi connectivity index (χ3n) is 4.35. The summed E-state index contributed by atoms with van der Waals surface area (Å²) < 4.78 is 0. The molecule has 17 heavy (non-hydrogen) atoms. The van der Waals surface area contributed by atoms with Crippen LogP contribution in [0.5, 0.6) is 0 Å². The minimum absolute atomic E-state index is 0.101. The summed E-state index contributed by atoms with van der Waals surface area (Å²) in [5.41, 5.74) is -1.50. The highest BCUT2D eigenvalue weighted by atomic mass is 16.3. The molecule has 0 spiro atoms. The number of hydrogen-bond donors (Lipinski definition) is 2. The Morgan fingerprint density at radius 3 is 2.00 bits per heavy atom. The minimum atomic E-state index is -0.912. The zero-order valence-electron chi connectivity index (χ0n) is 11.8. The second-order valence-electron chi connectivity index (χ2n) is 6.63. The molecule has 1 fully saturated rings. The third-order valence-corrected chi connectivity index (χ3v) is 4.35. The summed E-state index contributed by atoms with van der Waals surface area (Å²) in [6.07, 6.45) is 4.24. The van der Waals surface area contributed by atoms with Crippen LogP contribution in [-0.4, -0.2) is 22.2 Å². The quantitative estimate of drug-likeness (QED) is 0.797. The molecule has 0 aromatic heterocycles. The molecule has 0 unspecified atom stereocenters. The molecule has 1 rings (SSSR count). The second kappa shape index (κ2) is 4.97. The Morgan fingerprint density at radius 2 is 1.59 bits per heavy atom. The van der Waals surface area contributed by atoms with Crippen LogP contribution in [-0.2, 0) is 4.79 Å². The lowest BCUT2D eigenvalue weighted by Gasteiger charge is -2.39. The number of amides is 1. The molecule has 0 atom stereocenters. The lowest BCUT2D eigenvalue weighted by molar-refractivity contribution is -0.131. The van der Waals surface area contributed by atoms with Gasteiger partial charge in [0.15, 0.2) is 0 Å². The van der Waals surface area contributed by atoms with Crippen molar-refractivity contribution in [3.8, 4) is 0 Å². The summed E-state index contributed by atoms with van der Waals surface area (Å²) in [6, 6.07) is 0. The van der Waals surface area contributed by atoms with E-state index in [-0.39, 0.29) is 11.8 Å². The third kappa shape index (κ3) is 3.70. The Morgan fingerprint density at radius 1 is 1.12 bits per heavy atom. The van der Waals surface area contributed by atoms with Crippen LogP contribution in [0.1, 0.15) is 60.3 Å². The van der Waals surface area contributed by atoms with Gasteiger partial charge < -0.3 is 10.4 Å². The van der Waals surface area contributed by atoms with E-state index in [0.717, 1.165) is 31.6 Å². The maximum atomic E-state index is 12.1. The fraction of sp³-hybridized carbons (Fsp3) is 0.929. The zero-order chi connectivity index (χ0) is 13.3. The largest absolute Gasteiger partial charge is 0.388 e. The summed E-state index contributed by atoms with van der Waals surface area (Å²) in [6.45, 7) is 9.45. The number of rotatable bonds is 3. The SMILES string of the molecule is CC1CCC(C(=O)NC(C)(C)C(C)(C)O)CC1. The number of carbonyl (C=O) groups is 1. The smallest absolute Gasteiger partial charge is 0.223 e. The lowest BCUT2D eigenvalue weighted by atomic mass is 9.81. The second-order valence-corrected chi connectivity index (χ2v) is 6.63. The minimum Gasteiger partial charge on any atom is -0.388 e. The van der Waals surface area contributed by atoms with Gasteiger partial charge in [0.2, 0.25) is 5.91 Å². The van der Waals surface area contributed by atoms with Gasteiger partial charge in [0.25, 0.3) is 0 Å². The zero-order valence-corrected chi connectivity index (χ0v) is 11.8. The molecule has 2 N–H and O–H groups in total. The number of hydrogen-bond acceptors (Lipinski definition) is 2. The Balaban J connectivity index is 2.55. The van der Waals surface area contributed by atoms with Gasteiger partial charge in [-0.1, -0.05) is 6.92 Å². The van der Waals surface area contributed by atoms with Crippen molar-refractivity contribution in [2.75, 3.05) is 0 Å². The average Bonchev–Trinajstić information content (AvgIpc) is 2.16. The van der Waals surface area contributed by atoms with Crippen molar-refractivity contribution >= 4 is 5.91 Å². The van der Waals surface area contributed by atoms with Gasteiger partial charge in [0.05, 0.1) is 11.1 Å². The molecule has 1 amide bonds. The van der Waals surface area contributed by atoms with Crippen molar-refractivity contribution in [2.24, 2.45) is 11.8 Å². The predicted octanol–water partition coefficient (Wildman–Crippen LogP) is 2.48. The monoisotopic (exact) mass is 241 g/mol. The van der Waals surface area contributed by atoms with E-state index < -0.39 is 11.1 Å². The van der Waals surface area contributed by atoms with Crippen LogP contribution >= 0.6 is 0 Å². The van der Waals surface area contributed by atoms with Crippen molar-refractivity contribution < 1.29 is 9.90 Å². The van der Waals surface area contributed by atoms with Gasteiger partial charge in [-0.25, -0.2) is 0 Å². The van der Waals surface area contributed by atoms with E-state index in [9.17, 15) is 9.90 Å². The summed E-state index contributed by atoms with van der Waals surface area (Å²) in [7, 11) is 0. The van der Waals surface area contributed by atoms with Crippen LogP contribution in [0.25, 0.3) is 0 Å². The molecule has 1 saturated carbocycles. The standard InChI is InChI=1S/C14H27NO2/c1-10-6-8-11(9-7-10)12(16)15-13(2,3)14(4,5)17/h10-11,17H,6-9H2,1-5H3,(H,15,16). The number of carbonyl (C=O) groups excluding carboxylic acids is 1. The summed E-state index contributed by atoms with van der Waals surface area (Å²) in [5, 5.41) is 13.0. The molecule has 0 aliphatic heterocycles. The van der Waals surface area contributed by atoms with Crippen LogP contribution in [0, 0.1) is 11.8 Å². The Bertz CT molecular complexity index is 270. The van der Waals surface area contributed by atoms with Crippen LogP contribution in [0.4, 0.5) is 0 Å². The van der Waals surface area contributed by atoms with Gasteiger partial charge in [0.1, 0.15) is 0 Å². The molecule has 0 saturated heterocycles. The molecule has 100 valence electrons. The van der Waals surface area contributed by atoms with Crippen LogP contribution < -0.4 is 5.32 Å². The topological polar surface area (TPSA) is 49.3 Å². The number of aliphatic hydroxyl groups is 1. The van der Waals surface area contributed by atoms with Gasteiger partial charge in [-0.3, -0.25) is 4.79 Å². The maximum Gasteiger partial charge on any atom is 0.223 e. The summed E-state index contributed by atoms with van der Waals surface area (Å²) in [5.74, 6) is 0.984. The van der Waals surface area contributed by atoms with E-state index in [1.807, 2.05) is 13.8 Å². The number of nitrogens with one attached hydrogen (secondary N) is 1. The van der Waals surface area contributed by atoms with Gasteiger partial charge in [-0.15, -0.1) is 0 Å². The van der Waals surface area contributed by atoms with Crippen molar-refractivity contribution in [1.82, 2.24) is 5.32 Å². The van der Waals surface area contributed by atoms with Gasteiger partial charge >= 0.3 is 0 Å². The first-order chi connectivity index (χ1) is 7.63. The van der Waals surface area contributed by atoms with Crippen molar-refractivity contribution in [3.63, 3.8) is 0 Å². The van der Waals surface area contributed by atoms with Crippen LogP contribution in [0.2, 0.25) is 0 Å². The van der Waals surface area contributed by atoms with Gasteiger partial charge in [-0.05, 0) is 59.3 Å². The molecular weight excluding hydrogens is 214 g/mol. The van der Waals surface area contributed by atoms with E-state index in [2.05, 4.69) is 12.2 Å². The first-order valence-corrected chi connectivity index (χ1v) is 6.68. The normalized spacial score (nSPS) is 26.7. The molecule has 0 radical (unpaired) electrons. The van der Waals surface area contributed by atoms with E-state index >= 15 is 0 Å². The first kappa shape index (κ1) is 14.5.